The second-order valence-electron chi connectivity index (χ2n) is 6.95. The van der Waals surface area contributed by atoms with E-state index in [1.54, 1.807) is 18.3 Å². The maximum atomic E-state index is 14.6. The van der Waals surface area contributed by atoms with Gasteiger partial charge in [-0.25, -0.2) is 31.2 Å². The lowest BCUT2D eigenvalue weighted by Gasteiger charge is -2.36. The van der Waals surface area contributed by atoms with Gasteiger partial charge in [-0.1, -0.05) is 12.1 Å². The van der Waals surface area contributed by atoms with Crippen LogP contribution in [0.5, 0.6) is 0 Å². The van der Waals surface area contributed by atoms with Gasteiger partial charge in [0.15, 0.2) is 0 Å². The fourth-order valence-corrected chi connectivity index (χ4v) is 4.75. The van der Waals surface area contributed by atoms with Crippen molar-refractivity contribution >= 4 is 10.0 Å². The Balaban J connectivity index is 2.01. The normalized spacial score (nSPS) is 15.1. The second-order valence-corrected chi connectivity index (χ2v) is 9.31. The van der Waals surface area contributed by atoms with E-state index in [2.05, 4.69) is 15.1 Å². The third-order valence-corrected chi connectivity index (χ3v) is 7.23. The summed E-state index contributed by atoms with van der Waals surface area (Å²) in [7, 11) is -2.78. The molecule has 1 aromatic carbocycles. The number of pyridine rings is 1. The molecular weight excluding hydrogens is 416 g/mol. The highest BCUT2D eigenvalue weighted by Crippen LogP contribution is 2.34. The number of rotatable bonds is 8. The molecule has 0 amide bonds. The third-order valence-electron chi connectivity index (χ3n) is 4.95. The van der Waals surface area contributed by atoms with Crippen LogP contribution in [-0.4, -0.2) is 49.9 Å². The number of aliphatic hydroxyl groups is 1. The van der Waals surface area contributed by atoms with Crippen molar-refractivity contribution < 1.29 is 22.3 Å². The molecule has 2 heterocycles. The lowest BCUT2D eigenvalue weighted by atomic mass is 9.90. The number of halogens is 2. The molecule has 3 rings (SSSR count). The first-order chi connectivity index (χ1) is 14.1. The maximum absolute atomic E-state index is 14.6. The third kappa shape index (κ3) is 4.37. The van der Waals surface area contributed by atoms with Crippen molar-refractivity contribution in [3.8, 4) is 0 Å². The summed E-state index contributed by atoms with van der Waals surface area (Å²) >= 11 is 0. The van der Waals surface area contributed by atoms with Gasteiger partial charge < -0.3 is 5.11 Å². The lowest BCUT2D eigenvalue weighted by molar-refractivity contribution is 0.00970. The smallest absolute Gasteiger partial charge is 0.220 e. The van der Waals surface area contributed by atoms with E-state index < -0.39 is 39.1 Å². The highest BCUT2D eigenvalue weighted by atomic mass is 32.2. The molecule has 0 unspecified atom stereocenters. The fraction of sp³-hybridized carbons (Fsp3) is 0.316. The van der Waals surface area contributed by atoms with E-state index in [4.69, 9.17) is 0 Å². The Labute approximate surface area is 172 Å². The summed E-state index contributed by atoms with van der Waals surface area (Å²) in [6.07, 6.45) is 5.56. The van der Waals surface area contributed by atoms with Crippen LogP contribution in [0.1, 0.15) is 18.1 Å². The summed E-state index contributed by atoms with van der Waals surface area (Å²) in [5.41, 5.74) is -1.97. The van der Waals surface area contributed by atoms with Crippen LogP contribution < -0.4 is 0 Å². The van der Waals surface area contributed by atoms with E-state index in [1.807, 2.05) is 0 Å². The zero-order chi connectivity index (χ0) is 21.9. The monoisotopic (exact) mass is 437 g/mol. The van der Waals surface area contributed by atoms with Crippen LogP contribution in [0.2, 0.25) is 0 Å². The first kappa shape index (κ1) is 21.9. The summed E-state index contributed by atoms with van der Waals surface area (Å²) in [4.78, 5) is 7.73. The predicted molar refractivity (Wildman–Crippen MR) is 104 cm³/mol. The summed E-state index contributed by atoms with van der Waals surface area (Å²) in [6.45, 7) is 0.872. The Bertz CT molecular complexity index is 1100. The molecule has 0 saturated carbocycles. The van der Waals surface area contributed by atoms with Crippen molar-refractivity contribution in [3.05, 3.63) is 78.1 Å². The summed E-state index contributed by atoms with van der Waals surface area (Å²) < 4.78 is 56.8. The zero-order valence-corrected chi connectivity index (χ0v) is 17.2. The van der Waals surface area contributed by atoms with Crippen molar-refractivity contribution in [2.75, 3.05) is 7.05 Å². The number of nitrogens with zero attached hydrogens (tertiary/aromatic N) is 5. The number of sulfonamides is 1. The number of hydrogen-bond donors (Lipinski definition) is 1. The molecule has 160 valence electrons. The van der Waals surface area contributed by atoms with Crippen LogP contribution in [0.3, 0.4) is 0 Å². The number of benzene rings is 1. The second kappa shape index (κ2) is 8.54. The van der Waals surface area contributed by atoms with Crippen LogP contribution in [0, 0.1) is 11.6 Å². The van der Waals surface area contributed by atoms with Gasteiger partial charge in [0.2, 0.25) is 10.0 Å². The average molecular weight is 437 g/mol. The first-order valence-corrected chi connectivity index (χ1v) is 10.5. The van der Waals surface area contributed by atoms with Crippen molar-refractivity contribution in [2.24, 2.45) is 0 Å². The highest BCUT2D eigenvalue weighted by Gasteiger charge is 2.47. The molecule has 30 heavy (non-hydrogen) atoms. The Morgan fingerprint density at radius 2 is 2.03 bits per heavy atom. The molecule has 0 spiro atoms. The van der Waals surface area contributed by atoms with Crippen LogP contribution >= 0.6 is 0 Å². The molecule has 0 saturated heterocycles. The molecule has 2 atom stereocenters. The maximum Gasteiger partial charge on any atom is 0.220 e. The Hall–Kier alpha value is -2.76. The molecule has 0 aliphatic heterocycles. The van der Waals surface area contributed by atoms with Crippen molar-refractivity contribution in [3.63, 3.8) is 0 Å². The SMILES string of the molecule is C[C@H]([C@](O)(Cn1cncn1)c1ccc(F)cc1F)S(=O)(=O)N(C)Cc1cccnc1. The van der Waals surface area contributed by atoms with Gasteiger partial charge in [0.1, 0.15) is 35.1 Å². The molecule has 3 aromatic rings. The van der Waals surface area contributed by atoms with Gasteiger partial charge in [0.25, 0.3) is 0 Å². The van der Waals surface area contributed by atoms with Crippen LogP contribution in [-0.2, 0) is 28.7 Å². The topological polar surface area (TPSA) is 101 Å². The van der Waals surface area contributed by atoms with Gasteiger partial charge in [0, 0.05) is 37.6 Å². The van der Waals surface area contributed by atoms with Gasteiger partial charge >= 0.3 is 0 Å². The van der Waals surface area contributed by atoms with Crippen LogP contribution in [0.4, 0.5) is 8.78 Å². The minimum Gasteiger partial charge on any atom is -0.382 e. The Kier molecular flexibility index (Phi) is 6.25. The summed E-state index contributed by atoms with van der Waals surface area (Å²) in [5, 5.41) is 13.9. The van der Waals surface area contributed by atoms with E-state index in [0.717, 1.165) is 16.4 Å². The molecule has 0 radical (unpaired) electrons. The molecule has 0 aliphatic rings. The molecular formula is C19H21F2N5O3S. The van der Waals surface area contributed by atoms with Gasteiger partial charge in [-0.05, 0) is 24.6 Å². The Morgan fingerprint density at radius 1 is 1.27 bits per heavy atom. The van der Waals surface area contributed by atoms with E-state index in [9.17, 15) is 22.3 Å². The molecule has 11 heteroatoms. The average Bonchev–Trinajstić information content (AvgIpc) is 3.20. The molecule has 0 fully saturated rings. The van der Waals surface area contributed by atoms with Gasteiger partial charge in [-0.3, -0.25) is 4.98 Å². The van der Waals surface area contributed by atoms with Crippen LogP contribution in [0.15, 0.2) is 55.4 Å². The molecule has 8 nitrogen and oxygen atoms in total. The lowest BCUT2D eigenvalue weighted by Crippen LogP contribution is -2.50. The summed E-state index contributed by atoms with van der Waals surface area (Å²) in [5.74, 6) is -1.90. The van der Waals surface area contributed by atoms with Gasteiger partial charge in [-0.2, -0.15) is 5.10 Å². The van der Waals surface area contributed by atoms with Gasteiger partial charge in [-0.15, -0.1) is 0 Å². The fourth-order valence-electron chi connectivity index (χ4n) is 3.19. The summed E-state index contributed by atoms with van der Waals surface area (Å²) in [6, 6.07) is 5.98. The van der Waals surface area contributed by atoms with Crippen molar-refractivity contribution in [1.29, 1.82) is 0 Å². The van der Waals surface area contributed by atoms with E-state index in [1.165, 1.54) is 37.5 Å². The molecule has 0 aliphatic carbocycles. The number of hydrogen-bond acceptors (Lipinski definition) is 6. The Morgan fingerprint density at radius 3 is 2.63 bits per heavy atom. The van der Waals surface area contributed by atoms with Gasteiger partial charge in [0.05, 0.1) is 6.54 Å². The molecule has 0 bridgehead atoms. The predicted octanol–water partition coefficient (Wildman–Crippen LogP) is 1.69. The minimum absolute atomic E-state index is 0.00577. The zero-order valence-electron chi connectivity index (χ0n) is 16.4. The van der Waals surface area contributed by atoms with Crippen molar-refractivity contribution in [1.82, 2.24) is 24.1 Å². The minimum atomic E-state index is -4.14. The molecule has 2 aromatic heterocycles. The largest absolute Gasteiger partial charge is 0.382 e. The first-order valence-electron chi connectivity index (χ1n) is 8.99. The molecule has 1 N–H and O–H groups in total. The van der Waals surface area contributed by atoms with E-state index in [0.29, 0.717) is 11.6 Å². The standard InChI is InChI=1S/C19H21F2N5O3S/c1-14(30(28,29)25(2)10-15-4-3-7-22-9-15)19(27,11-26-13-23-12-24-26)17-6-5-16(20)8-18(17)21/h3-9,12-14,27H,10-11H2,1-2H3/t14-,19-/m1/s1. The number of aromatic nitrogens is 4. The highest BCUT2D eigenvalue weighted by molar-refractivity contribution is 7.89. The van der Waals surface area contributed by atoms with Crippen molar-refractivity contribution in [2.45, 2.75) is 30.9 Å². The van der Waals surface area contributed by atoms with E-state index in [-0.39, 0.29) is 12.1 Å². The van der Waals surface area contributed by atoms with E-state index >= 15 is 0 Å². The quantitative estimate of drug-likeness (QED) is 0.576. The van der Waals surface area contributed by atoms with Crippen LogP contribution in [0.25, 0.3) is 0 Å².